The Bertz CT molecular complexity index is 1730. The minimum absolute atomic E-state index is 0.137. The molecule has 1 amide bonds. The van der Waals surface area contributed by atoms with E-state index in [4.69, 9.17) is 0 Å². The van der Waals surface area contributed by atoms with Gasteiger partial charge in [-0.3, -0.25) is 9.10 Å². The van der Waals surface area contributed by atoms with Crippen LogP contribution >= 0.6 is 11.8 Å². The lowest BCUT2D eigenvalue weighted by Gasteiger charge is -2.24. The fourth-order valence-electron chi connectivity index (χ4n) is 4.70. The molecule has 1 aromatic heterocycles. The van der Waals surface area contributed by atoms with Crippen LogP contribution in [0.3, 0.4) is 0 Å². The summed E-state index contributed by atoms with van der Waals surface area (Å²) in [5.41, 5.74) is 4.27. The Balaban J connectivity index is 1.47. The third-order valence-corrected chi connectivity index (χ3v) is 9.16. The van der Waals surface area contributed by atoms with E-state index in [2.05, 4.69) is 28.9 Å². The first-order chi connectivity index (χ1) is 18.3. The molecule has 194 valence electrons. The summed E-state index contributed by atoms with van der Waals surface area (Å²) < 4.78 is 30.8. The first-order valence-electron chi connectivity index (χ1n) is 12.4. The van der Waals surface area contributed by atoms with E-state index in [-0.39, 0.29) is 11.4 Å². The third kappa shape index (κ3) is 4.89. The van der Waals surface area contributed by atoms with E-state index in [9.17, 15) is 13.2 Å². The maximum absolute atomic E-state index is 13.7. The highest BCUT2D eigenvalue weighted by atomic mass is 32.2. The Hall–Kier alpha value is -3.75. The second-order valence-corrected chi connectivity index (χ2v) is 11.8. The fourth-order valence-corrected chi connectivity index (χ4v) is 6.53. The van der Waals surface area contributed by atoms with Crippen LogP contribution in [0.15, 0.2) is 101 Å². The van der Waals surface area contributed by atoms with Crippen molar-refractivity contribution in [1.29, 1.82) is 0 Å². The lowest BCUT2D eigenvalue weighted by atomic mass is 10.1. The number of anilines is 2. The van der Waals surface area contributed by atoms with E-state index in [0.717, 1.165) is 43.1 Å². The summed E-state index contributed by atoms with van der Waals surface area (Å²) in [6, 6.07) is 27.8. The molecule has 6 nitrogen and oxygen atoms in total. The zero-order chi connectivity index (χ0) is 26.9. The number of hydrogen-bond acceptors (Lipinski definition) is 4. The molecule has 0 aliphatic heterocycles. The highest BCUT2D eigenvalue weighted by molar-refractivity contribution is 7.98. The normalized spacial score (nSPS) is 11.7. The number of nitrogens with one attached hydrogen (secondary N) is 1. The van der Waals surface area contributed by atoms with Gasteiger partial charge in [-0.2, -0.15) is 0 Å². The van der Waals surface area contributed by atoms with Crippen molar-refractivity contribution in [2.24, 2.45) is 0 Å². The van der Waals surface area contributed by atoms with Gasteiger partial charge in [0.2, 0.25) is 5.91 Å². The van der Waals surface area contributed by atoms with Crippen LogP contribution in [0, 0.1) is 6.92 Å². The summed E-state index contributed by atoms with van der Waals surface area (Å²) in [5, 5.41) is 5.07. The number of sulfonamides is 1. The molecule has 0 unspecified atom stereocenters. The van der Waals surface area contributed by atoms with Gasteiger partial charge in [0.1, 0.15) is 6.54 Å². The topological polar surface area (TPSA) is 71.4 Å². The molecule has 1 heterocycles. The van der Waals surface area contributed by atoms with Crippen LogP contribution in [0.4, 0.5) is 11.4 Å². The number of para-hydroxylation sites is 1. The highest BCUT2D eigenvalue weighted by Crippen LogP contribution is 2.31. The van der Waals surface area contributed by atoms with Gasteiger partial charge in [0, 0.05) is 38.9 Å². The largest absolute Gasteiger partial charge is 0.341 e. The van der Waals surface area contributed by atoms with Gasteiger partial charge in [-0.15, -0.1) is 11.8 Å². The lowest BCUT2D eigenvalue weighted by molar-refractivity contribution is -0.114. The maximum atomic E-state index is 13.7. The van der Waals surface area contributed by atoms with Crippen LogP contribution in [0.25, 0.3) is 21.8 Å². The smallest absolute Gasteiger partial charge is 0.264 e. The van der Waals surface area contributed by atoms with Crippen LogP contribution in [0.2, 0.25) is 0 Å². The minimum atomic E-state index is -3.98. The van der Waals surface area contributed by atoms with Gasteiger partial charge in [0.15, 0.2) is 0 Å². The molecule has 0 saturated heterocycles. The molecule has 5 aromatic rings. The van der Waals surface area contributed by atoms with Crippen LogP contribution in [0.5, 0.6) is 0 Å². The number of nitrogens with zero attached hydrogens (tertiary/aromatic N) is 2. The Morgan fingerprint density at radius 2 is 1.58 bits per heavy atom. The van der Waals surface area contributed by atoms with E-state index in [1.807, 2.05) is 55.6 Å². The first-order valence-corrected chi connectivity index (χ1v) is 15.0. The van der Waals surface area contributed by atoms with Crippen molar-refractivity contribution in [2.75, 3.05) is 22.4 Å². The molecule has 1 N–H and O–H groups in total. The summed E-state index contributed by atoms with van der Waals surface area (Å²) >= 11 is 1.54. The SMILES string of the molecule is CCn1c2ccccc2c2cc(NC(=O)CN(c3ccc(C)cc3)S(=O)(=O)c3ccc(SC)cc3)ccc21. The van der Waals surface area contributed by atoms with Gasteiger partial charge in [-0.1, -0.05) is 35.9 Å². The van der Waals surface area contributed by atoms with Crippen LogP contribution in [-0.4, -0.2) is 31.7 Å². The molecule has 0 aliphatic rings. The van der Waals surface area contributed by atoms with Crippen molar-refractivity contribution < 1.29 is 13.2 Å². The van der Waals surface area contributed by atoms with Gasteiger partial charge in [0.05, 0.1) is 10.6 Å². The van der Waals surface area contributed by atoms with Gasteiger partial charge in [-0.05, 0) is 80.8 Å². The zero-order valence-corrected chi connectivity index (χ0v) is 23.1. The average molecular weight is 544 g/mol. The Labute approximate surface area is 227 Å². The minimum Gasteiger partial charge on any atom is -0.341 e. The number of aromatic nitrogens is 1. The number of thioether (sulfide) groups is 1. The second-order valence-electron chi connectivity index (χ2n) is 9.06. The molecule has 0 bridgehead atoms. The van der Waals surface area contributed by atoms with Crippen molar-refractivity contribution in [3.63, 3.8) is 0 Å². The molecule has 4 aromatic carbocycles. The van der Waals surface area contributed by atoms with Gasteiger partial charge in [-0.25, -0.2) is 8.42 Å². The molecule has 8 heteroatoms. The summed E-state index contributed by atoms with van der Waals surface area (Å²) in [4.78, 5) is 14.4. The van der Waals surface area contributed by atoms with Gasteiger partial charge >= 0.3 is 0 Å². The van der Waals surface area contributed by atoms with Crippen LogP contribution < -0.4 is 9.62 Å². The molecule has 0 aliphatic carbocycles. The molecule has 5 rings (SSSR count). The average Bonchev–Trinajstić information content (AvgIpc) is 3.25. The number of aryl methyl sites for hydroxylation is 2. The molecule has 0 atom stereocenters. The number of hydrogen-bond donors (Lipinski definition) is 1. The van der Waals surface area contributed by atoms with E-state index < -0.39 is 15.9 Å². The van der Waals surface area contributed by atoms with Crippen molar-refractivity contribution in [3.8, 4) is 0 Å². The fraction of sp³-hybridized carbons (Fsp3) is 0.167. The quantitative estimate of drug-likeness (QED) is 0.222. The van der Waals surface area contributed by atoms with Crippen molar-refractivity contribution >= 4 is 60.9 Å². The zero-order valence-electron chi connectivity index (χ0n) is 21.5. The summed E-state index contributed by atoms with van der Waals surface area (Å²) in [7, 11) is -3.98. The van der Waals surface area contributed by atoms with Crippen LogP contribution in [-0.2, 0) is 21.4 Å². The molecule has 0 spiro atoms. The summed E-state index contributed by atoms with van der Waals surface area (Å²) in [6.07, 6.45) is 1.93. The van der Waals surface area contributed by atoms with E-state index >= 15 is 0 Å². The number of fused-ring (bicyclic) bond motifs is 3. The Morgan fingerprint density at radius 1 is 0.895 bits per heavy atom. The number of amides is 1. The number of rotatable bonds is 8. The van der Waals surface area contributed by atoms with Gasteiger partial charge in [0.25, 0.3) is 10.0 Å². The third-order valence-electron chi connectivity index (χ3n) is 6.63. The summed E-state index contributed by atoms with van der Waals surface area (Å²) in [6.45, 7) is 4.51. The Morgan fingerprint density at radius 3 is 2.26 bits per heavy atom. The van der Waals surface area contributed by atoms with E-state index in [1.165, 1.54) is 11.8 Å². The van der Waals surface area contributed by atoms with Crippen molar-refractivity contribution in [3.05, 3.63) is 96.6 Å². The second kappa shape index (κ2) is 10.6. The standard InChI is InChI=1S/C30H29N3O3S2/c1-4-32-28-8-6-5-7-26(28)27-19-22(11-18-29(27)32)31-30(34)20-33(23-12-9-21(2)10-13-23)38(35,36)25-16-14-24(37-3)15-17-25/h5-19H,4,20H2,1-3H3,(H,31,34). The lowest BCUT2D eigenvalue weighted by Crippen LogP contribution is -2.38. The van der Waals surface area contributed by atoms with E-state index in [0.29, 0.717) is 11.4 Å². The monoisotopic (exact) mass is 543 g/mol. The molecule has 0 saturated carbocycles. The predicted molar refractivity (Wildman–Crippen MR) is 158 cm³/mol. The molecule has 38 heavy (non-hydrogen) atoms. The van der Waals surface area contributed by atoms with Gasteiger partial charge < -0.3 is 9.88 Å². The predicted octanol–water partition coefficient (Wildman–Crippen LogP) is 6.68. The molecule has 0 fully saturated rings. The van der Waals surface area contributed by atoms with Crippen molar-refractivity contribution in [1.82, 2.24) is 4.57 Å². The summed E-state index contributed by atoms with van der Waals surface area (Å²) in [5.74, 6) is -0.423. The Kier molecular flexibility index (Phi) is 7.19. The maximum Gasteiger partial charge on any atom is 0.264 e. The van der Waals surface area contributed by atoms with Crippen molar-refractivity contribution in [2.45, 2.75) is 30.2 Å². The van der Waals surface area contributed by atoms with Crippen LogP contribution in [0.1, 0.15) is 12.5 Å². The highest BCUT2D eigenvalue weighted by Gasteiger charge is 2.27. The molecular formula is C30H29N3O3S2. The molecule has 0 radical (unpaired) electrons. The number of benzene rings is 4. The number of carbonyl (C=O) groups excluding carboxylic acids is 1. The molecular weight excluding hydrogens is 514 g/mol. The number of carbonyl (C=O) groups is 1. The van der Waals surface area contributed by atoms with E-state index in [1.54, 1.807) is 36.4 Å². The first kappa shape index (κ1) is 25.9.